The molecule has 158 valence electrons. The van der Waals surface area contributed by atoms with Gasteiger partial charge in [0.1, 0.15) is 5.92 Å². The number of piperidine rings is 1. The van der Waals surface area contributed by atoms with Crippen LogP contribution in [0.5, 0.6) is 0 Å². The molecule has 0 spiro atoms. The molecule has 5 nitrogen and oxygen atoms in total. The third-order valence-corrected chi connectivity index (χ3v) is 7.99. The van der Waals surface area contributed by atoms with Crippen molar-refractivity contribution in [1.29, 1.82) is 5.26 Å². The summed E-state index contributed by atoms with van der Waals surface area (Å²) in [5.41, 5.74) is 9.44. The minimum absolute atomic E-state index is 0.289. The van der Waals surface area contributed by atoms with Crippen LogP contribution in [0.2, 0.25) is 0 Å². The molecule has 6 heteroatoms. The molecule has 1 fully saturated rings. The highest BCUT2D eigenvalue weighted by Crippen LogP contribution is 2.48. The number of rotatable bonds is 5. The molecule has 2 aliphatic rings. The van der Waals surface area contributed by atoms with Gasteiger partial charge in [0.2, 0.25) is 5.91 Å². The number of aromatic amines is 1. The molecule has 5 rings (SSSR count). The second-order valence-corrected chi connectivity index (χ2v) is 9.94. The van der Waals surface area contributed by atoms with Crippen LogP contribution in [0.1, 0.15) is 29.9 Å². The molecule has 1 aliphatic carbocycles. The average Bonchev–Trinajstić information content (AvgIpc) is 3.11. The molecule has 1 saturated heterocycles. The Bertz CT molecular complexity index is 1170. The molecule has 0 radical (unpaired) electrons. The van der Waals surface area contributed by atoms with E-state index in [2.05, 4.69) is 65.5 Å². The van der Waals surface area contributed by atoms with Gasteiger partial charge >= 0.3 is 0 Å². The lowest BCUT2D eigenvalue weighted by atomic mass is 9.71. The van der Waals surface area contributed by atoms with E-state index in [0.717, 1.165) is 19.4 Å². The fraction of sp³-hybridized carbons (Fsp3) is 0.360. The first-order valence-electron chi connectivity index (χ1n) is 10.8. The number of carbonyl (C=O) groups is 1. The zero-order valence-electron chi connectivity index (χ0n) is 17.5. The largest absolute Gasteiger partial charge is 0.369 e. The number of nitrogens with one attached hydrogen (secondary N) is 1. The number of nitrogens with two attached hydrogens (primary N) is 1. The van der Waals surface area contributed by atoms with Gasteiger partial charge in [0.15, 0.2) is 0 Å². The molecule has 2 aromatic carbocycles. The Labute approximate surface area is 186 Å². The normalized spacial score (nSPS) is 23.8. The summed E-state index contributed by atoms with van der Waals surface area (Å²) >= 11 is 1.80. The Kier molecular flexibility index (Phi) is 5.25. The summed E-state index contributed by atoms with van der Waals surface area (Å²) in [5.74, 6) is -0.519. The second-order valence-electron chi connectivity index (χ2n) is 8.86. The van der Waals surface area contributed by atoms with Crippen molar-refractivity contribution < 1.29 is 4.79 Å². The van der Waals surface area contributed by atoms with E-state index in [1.807, 2.05) is 6.07 Å². The van der Waals surface area contributed by atoms with Crippen molar-refractivity contribution in [3.8, 4) is 6.07 Å². The highest BCUT2D eigenvalue weighted by molar-refractivity contribution is 7.99. The van der Waals surface area contributed by atoms with Gasteiger partial charge in [-0.3, -0.25) is 4.79 Å². The third-order valence-electron chi connectivity index (χ3n) is 6.93. The van der Waals surface area contributed by atoms with Crippen LogP contribution in [0.25, 0.3) is 10.9 Å². The maximum Gasteiger partial charge on any atom is 0.234 e. The van der Waals surface area contributed by atoms with Crippen LogP contribution in [0.15, 0.2) is 58.5 Å². The van der Waals surface area contributed by atoms with Crippen molar-refractivity contribution in [2.24, 2.45) is 17.6 Å². The highest BCUT2D eigenvalue weighted by Gasteiger charge is 2.41. The summed E-state index contributed by atoms with van der Waals surface area (Å²) in [6.45, 7) is 0.892. The topological polar surface area (TPSA) is 85.9 Å². The molecule has 3 aromatic rings. The molecule has 4 atom stereocenters. The molecule has 2 heterocycles. The number of primary amides is 1. The van der Waals surface area contributed by atoms with E-state index in [-0.39, 0.29) is 5.92 Å². The van der Waals surface area contributed by atoms with Gasteiger partial charge in [-0.2, -0.15) is 5.26 Å². The summed E-state index contributed by atoms with van der Waals surface area (Å²) < 4.78 is 0. The Morgan fingerprint density at radius 2 is 2.10 bits per heavy atom. The van der Waals surface area contributed by atoms with E-state index in [1.54, 1.807) is 11.8 Å². The molecule has 3 N–H and O–H groups in total. The van der Waals surface area contributed by atoms with Gasteiger partial charge in [0.25, 0.3) is 0 Å². The number of nitrogens with zero attached hydrogens (tertiary/aromatic N) is 2. The highest BCUT2D eigenvalue weighted by atomic mass is 32.2. The first kappa shape index (κ1) is 20.2. The lowest BCUT2D eigenvalue weighted by Crippen LogP contribution is -2.48. The van der Waals surface area contributed by atoms with Gasteiger partial charge in [0, 0.05) is 34.3 Å². The first-order valence-corrected chi connectivity index (χ1v) is 11.6. The summed E-state index contributed by atoms with van der Waals surface area (Å²) in [5, 5.41) is 11.9. The predicted molar refractivity (Wildman–Crippen MR) is 123 cm³/mol. The minimum Gasteiger partial charge on any atom is -0.369 e. The number of nitriles is 1. The SMILES string of the molecule is CN1C[C@H](CC(C#N)C(N)=O)CC2c3cccc4[nH]c(Sc5ccccc5)c(c34)C[C@H]21. The summed E-state index contributed by atoms with van der Waals surface area (Å²) in [6, 6.07) is 19.6. The molecule has 0 saturated carbocycles. The summed E-state index contributed by atoms with van der Waals surface area (Å²) in [7, 11) is 2.18. The second kappa shape index (κ2) is 8.07. The van der Waals surface area contributed by atoms with Crippen LogP contribution in [0.3, 0.4) is 0 Å². The van der Waals surface area contributed by atoms with E-state index >= 15 is 0 Å². The number of hydrogen-bond acceptors (Lipinski definition) is 4. The van der Waals surface area contributed by atoms with E-state index < -0.39 is 11.8 Å². The lowest BCUT2D eigenvalue weighted by molar-refractivity contribution is -0.120. The fourth-order valence-corrected chi connectivity index (χ4v) is 6.54. The molecule has 2 unspecified atom stereocenters. The van der Waals surface area contributed by atoms with Gasteiger partial charge in [-0.05, 0) is 61.6 Å². The van der Waals surface area contributed by atoms with E-state index in [1.165, 1.54) is 32.0 Å². The summed E-state index contributed by atoms with van der Waals surface area (Å²) in [6.07, 6.45) is 2.55. The van der Waals surface area contributed by atoms with Crippen LogP contribution in [-0.2, 0) is 11.2 Å². The number of H-pyrrole nitrogens is 1. The van der Waals surface area contributed by atoms with E-state index in [9.17, 15) is 10.1 Å². The molecule has 31 heavy (non-hydrogen) atoms. The minimum atomic E-state index is -0.703. The first-order chi connectivity index (χ1) is 15.0. The Morgan fingerprint density at radius 3 is 2.84 bits per heavy atom. The van der Waals surface area contributed by atoms with Crippen LogP contribution < -0.4 is 5.73 Å². The number of likely N-dealkylation sites (N-methyl/N-ethyl adjacent to an activating group) is 1. The predicted octanol–water partition coefficient (Wildman–Crippen LogP) is 4.29. The number of aromatic nitrogens is 1. The van der Waals surface area contributed by atoms with Gasteiger partial charge in [0.05, 0.1) is 11.1 Å². The van der Waals surface area contributed by atoms with Crippen molar-refractivity contribution in [2.75, 3.05) is 13.6 Å². The lowest BCUT2D eigenvalue weighted by Gasteiger charge is -2.46. The fourth-order valence-electron chi connectivity index (χ4n) is 5.54. The Hall–Kier alpha value is -2.75. The van der Waals surface area contributed by atoms with E-state index in [4.69, 9.17) is 5.73 Å². The Balaban J connectivity index is 1.50. The van der Waals surface area contributed by atoms with Crippen LogP contribution in [0.4, 0.5) is 0 Å². The number of fused-ring (bicyclic) bond motifs is 2. The van der Waals surface area contributed by atoms with Gasteiger partial charge in [-0.1, -0.05) is 42.1 Å². The zero-order chi connectivity index (χ0) is 21.5. The Morgan fingerprint density at radius 1 is 1.29 bits per heavy atom. The van der Waals surface area contributed by atoms with Crippen molar-refractivity contribution in [3.63, 3.8) is 0 Å². The number of hydrogen-bond donors (Lipinski definition) is 2. The molecule has 0 bridgehead atoms. The smallest absolute Gasteiger partial charge is 0.234 e. The number of amides is 1. The van der Waals surface area contributed by atoms with Crippen molar-refractivity contribution >= 4 is 28.6 Å². The molecule has 1 aromatic heterocycles. The summed E-state index contributed by atoms with van der Waals surface area (Å²) in [4.78, 5) is 19.0. The quantitative estimate of drug-likeness (QED) is 0.632. The van der Waals surface area contributed by atoms with Crippen molar-refractivity contribution in [1.82, 2.24) is 9.88 Å². The van der Waals surface area contributed by atoms with E-state index in [0.29, 0.717) is 18.4 Å². The zero-order valence-corrected chi connectivity index (χ0v) is 18.4. The average molecular weight is 431 g/mol. The molecular formula is C25H26N4OS. The van der Waals surface area contributed by atoms with Crippen LogP contribution in [0, 0.1) is 23.2 Å². The number of benzene rings is 2. The van der Waals surface area contributed by atoms with Gasteiger partial charge in [-0.15, -0.1) is 0 Å². The van der Waals surface area contributed by atoms with Crippen LogP contribution >= 0.6 is 11.8 Å². The standard InChI is InChI=1S/C25H26N4OS/c1-29-14-15(10-16(13-26)24(27)30)11-19-18-8-5-9-21-23(18)20(12-22(19)29)25(28-21)31-17-6-3-2-4-7-17/h2-9,15-16,19,22,28H,10-12,14H2,1H3,(H2,27,30)/t15-,16?,19?,22-/m1/s1. The molecular weight excluding hydrogens is 404 g/mol. The third kappa shape index (κ3) is 3.62. The molecule has 1 aliphatic heterocycles. The van der Waals surface area contributed by atoms with Crippen molar-refractivity contribution in [2.45, 2.75) is 41.1 Å². The van der Waals surface area contributed by atoms with Crippen molar-refractivity contribution in [3.05, 3.63) is 59.7 Å². The maximum atomic E-state index is 11.6. The maximum absolute atomic E-state index is 11.6. The number of carbonyl (C=O) groups excluding carboxylic acids is 1. The monoisotopic (exact) mass is 430 g/mol. The van der Waals surface area contributed by atoms with Crippen LogP contribution in [-0.4, -0.2) is 35.4 Å². The van der Waals surface area contributed by atoms with Gasteiger partial charge < -0.3 is 15.6 Å². The molecule has 1 amide bonds. The van der Waals surface area contributed by atoms with Gasteiger partial charge in [-0.25, -0.2) is 0 Å². The number of likely N-dealkylation sites (tertiary alicyclic amines) is 1.